The normalized spacial score (nSPS) is 24.8. The molecule has 112 valence electrons. The maximum absolute atomic E-state index is 11.4. The van der Waals surface area contributed by atoms with Gasteiger partial charge in [-0.3, -0.25) is 0 Å². The Hall–Kier alpha value is -0.870. The fourth-order valence-corrected chi connectivity index (χ4v) is 3.61. The first kappa shape index (κ1) is 15.5. The van der Waals surface area contributed by atoms with E-state index in [0.29, 0.717) is 4.90 Å². The van der Waals surface area contributed by atoms with Crippen molar-refractivity contribution in [3.05, 3.63) is 29.8 Å². The number of nitrogens with one attached hydrogen (secondary N) is 1. The van der Waals surface area contributed by atoms with Crippen LogP contribution in [0.2, 0.25) is 0 Å². The minimum Gasteiger partial charge on any atom is -0.310 e. The third-order valence-corrected chi connectivity index (χ3v) is 5.45. The van der Waals surface area contributed by atoms with Crippen LogP contribution in [-0.4, -0.2) is 21.2 Å². The molecule has 1 N–H and O–H groups in total. The monoisotopic (exact) mass is 295 g/mol. The van der Waals surface area contributed by atoms with E-state index < -0.39 is 9.84 Å². The third kappa shape index (κ3) is 4.06. The van der Waals surface area contributed by atoms with Crippen LogP contribution in [0.15, 0.2) is 29.2 Å². The van der Waals surface area contributed by atoms with Gasteiger partial charge in [0, 0.05) is 12.3 Å². The second-order valence-electron chi connectivity index (χ2n) is 6.26. The lowest BCUT2D eigenvalue weighted by Gasteiger charge is -2.18. The molecule has 1 aliphatic rings. The van der Waals surface area contributed by atoms with Crippen LogP contribution in [0.1, 0.15) is 44.7 Å². The Labute approximate surface area is 122 Å². The zero-order valence-electron chi connectivity index (χ0n) is 12.6. The quantitative estimate of drug-likeness (QED) is 0.907. The van der Waals surface area contributed by atoms with Crippen molar-refractivity contribution in [2.45, 2.75) is 44.0 Å². The SMILES string of the molecule is CC1CCC(CNC(C)c2ccc(S(C)(=O)=O)cc2)C1. The molecule has 0 aromatic heterocycles. The molecule has 4 heteroatoms. The van der Waals surface area contributed by atoms with Gasteiger partial charge in [-0.25, -0.2) is 8.42 Å². The summed E-state index contributed by atoms with van der Waals surface area (Å²) in [5.41, 5.74) is 1.14. The molecule has 3 nitrogen and oxygen atoms in total. The van der Waals surface area contributed by atoms with Gasteiger partial charge in [0.1, 0.15) is 0 Å². The Morgan fingerprint density at radius 1 is 1.25 bits per heavy atom. The zero-order valence-corrected chi connectivity index (χ0v) is 13.4. The van der Waals surface area contributed by atoms with E-state index in [1.807, 2.05) is 12.1 Å². The summed E-state index contributed by atoms with van der Waals surface area (Å²) in [5, 5.41) is 3.57. The molecule has 1 aliphatic carbocycles. The molecule has 1 fully saturated rings. The lowest BCUT2D eigenvalue weighted by Crippen LogP contribution is -2.24. The summed E-state index contributed by atoms with van der Waals surface area (Å²) in [7, 11) is -3.10. The largest absolute Gasteiger partial charge is 0.310 e. The highest BCUT2D eigenvalue weighted by atomic mass is 32.2. The molecular formula is C16H25NO2S. The Morgan fingerprint density at radius 2 is 1.90 bits per heavy atom. The molecule has 0 aliphatic heterocycles. The molecule has 20 heavy (non-hydrogen) atoms. The predicted molar refractivity (Wildman–Crippen MR) is 82.5 cm³/mol. The molecule has 2 rings (SSSR count). The van der Waals surface area contributed by atoms with E-state index in [0.717, 1.165) is 23.9 Å². The number of hydrogen-bond acceptors (Lipinski definition) is 3. The summed E-state index contributed by atoms with van der Waals surface area (Å²) < 4.78 is 22.9. The van der Waals surface area contributed by atoms with Gasteiger partial charge >= 0.3 is 0 Å². The van der Waals surface area contributed by atoms with Gasteiger partial charge in [-0.15, -0.1) is 0 Å². The van der Waals surface area contributed by atoms with Crippen molar-refractivity contribution in [2.24, 2.45) is 11.8 Å². The molecule has 0 amide bonds. The first-order valence-electron chi connectivity index (χ1n) is 7.39. The highest BCUT2D eigenvalue weighted by Crippen LogP contribution is 2.30. The summed E-state index contributed by atoms with van der Waals surface area (Å²) in [6.07, 6.45) is 5.25. The molecule has 0 spiro atoms. The van der Waals surface area contributed by atoms with E-state index in [2.05, 4.69) is 19.2 Å². The van der Waals surface area contributed by atoms with Gasteiger partial charge in [0.2, 0.25) is 0 Å². The fraction of sp³-hybridized carbons (Fsp3) is 0.625. The van der Waals surface area contributed by atoms with Gasteiger partial charge in [0.05, 0.1) is 4.90 Å². The van der Waals surface area contributed by atoms with Crippen molar-refractivity contribution in [3.63, 3.8) is 0 Å². The van der Waals surface area contributed by atoms with E-state index in [1.54, 1.807) is 12.1 Å². The van der Waals surface area contributed by atoms with Gasteiger partial charge in [0.25, 0.3) is 0 Å². The molecule has 3 atom stereocenters. The number of sulfone groups is 1. The lowest BCUT2D eigenvalue weighted by molar-refractivity contribution is 0.440. The molecule has 0 heterocycles. The van der Waals surface area contributed by atoms with E-state index >= 15 is 0 Å². The van der Waals surface area contributed by atoms with Crippen LogP contribution in [0.4, 0.5) is 0 Å². The van der Waals surface area contributed by atoms with Crippen LogP contribution in [0.3, 0.4) is 0 Å². The van der Waals surface area contributed by atoms with Crippen molar-refractivity contribution in [1.82, 2.24) is 5.32 Å². The summed E-state index contributed by atoms with van der Waals surface area (Å²) in [6, 6.07) is 7.47. The van der Waals surface area contributed by atoms with Crippen molar-refractivity contribution in [3.8, 4) is 0 Å². The minimum atomic E-state index is -3.10. The highest BCUT2D eigenvalue weighted by molar-refractivity contribution is 7.90. The van der Waals surface area contributed by atoms with Crippen LogP contribution in [0.5, 0.6) is 0 Å². The van der Waals surface area contributed by atoms with Crippen molar-refractivity contribution < 1.29 is 8.42 Å². The molecule has 3 unspecified atom stereocenters. The topological polar surface area (TPSA) is 46.2 Å². The zero-order chi connectivity index (χ0) is 14.8. The number of rotatable bonds is 5. The van der Waals surface area contributed by atoms with E-state index in [9.17, 15) is 8.42 Å². The van der Waals surface area contributed by atoms with Gasteiger partial charge in [-0.1, -0.05) is 25.5 Å². The summed E-state index contributed by atoms with van der Waals surface area (Å²) in [5.74, 6) is 1.66. The lowest BCUT2D eigenvalue weighted by atomic mass is 10.0. The van der Waals surface area contributed by atoms with Gasteiger partial charge < -0.3 is 5.32 Å². The Balaban J connectivity index is 1.91. The molecule has 0 saturated heterocycles. The first-order chi connectivity index (χ1) is 9.36. The van der Waals surface area contributed by atoms with Crippen molar-refractivity contribution in [1.29, 1.82) is 0 Å². The Bertz CT molecular complexity index is 536. The number of benzene rings is 1. The predicted octanol–water partition coefficient (Wildman–Crippen LogP) is 3.18. The third-order valence-electron chi connectivity index (χ3n) is 4.32. The second-order valence-corrected chi connectivity index (χ2v) is 8.27. The van der Waals surface area contributed by atoms with Crippen LogP contribution in [-0.2, 0) is 9.84 Å². The molecular weight excluding hydrogens is 270 g/mol. The molecule has 1 aromatic rings. The van der Waals surface area contributed by atoms with Crippen molar-refractivity contribution in [2.75, 3.05) is 12.8 Å². The first-order valence-corrected chi connectivity index (χ1v) is 9.29. The standard InChI is InChI=1S/C16H25NO2S/c1-12-4-5-14(10-12)11-17-13(2)15-6-8-16(9-7-15)20(3,18)19/h6-9,12-14,17H,4-5,10-11H2,1-3H3. The van der Waals surface area contributed by atoms with E-state index in [-0.39, 0.29) is 6.04 Å². The van der Waals surface area contributed by atoms with Crippen LogP contribution in [0, 0.1) is 11.8 Å². The van der Waals surface area contributed by atoms with Gasteiger partial charge in [-0.05, 0) is 55.8 Å². The van der Waals surface area contributed by atoms with Crippen LogP contribution >= 0.6 is 0 Å². The highest BCUT2D eigenvalue weighted by Gasteiger charge is 2.21. The molecule has 1 aromatic carbocycles. The van der Waals surface area contributed by atoms with Crippen molar-refractivity contribution >= 4 is 9.84 Å². The maximum Gasteiger partial charge on any atom is 0.175 e. The number of hydrogen-bond donors (Lipinski definition) is 1. The fourth-order valence-electron chi connectivity index (χ4n) is 2.98. The summed E-state index contributed by atoms with van der Waals surface area (Å²) >= 11 is 0. The average molecular weight is 295 g/mol. The Kier molecular flexibility index (Phi) is 4.86. The summed E-state index contributed by atoms with van der Waals surface area (Å²) in [6.45, 7) is 5.51. The van der Waals surface area contributed by atoms with E-state index in [4.69, 9.17) is 0 Å². The summed E-state index contributed by atoms with van der Waals surface area (Å²) in [4.78, 5) is 0.387. The van der Waals surface area contributed by atoms with Crippen LogP contribution < -0.4 is 5.32 Å². The molecule has 1 saturated carbocycles. The van der Waals surface area contributed by atoms with Gasteiger partial charge in [0.15, 0.2) is 9.84 Å². The Morgan fingerprint density at radius 3 is 2.40 bits per heavy atom. The maximum atomic E-state index is 11.4. The van der Waals surface area contributed by atoms with Gasteiger partial charge in [-0.2, -0.15) is 0 Å². The minimum absolute atomic E-state index is 0.263. The second kappa shape index (κ2) is 6.27. The van der Waals surface area contributed by atoms with E-state index in [1.165, 1.54) is 25.5 Å². The molecule has 0 radical (unpaired) electrons. The average Bonchev–Trinajstić information content (AvgIpc) is 2.81. The van der Waals surface area contributed by atoms with Crippen LogP contribution in [0.25, 0.3) is 0 Å². The molecule has 0 bridgehead atoms. The smallest absolute Gasteiger partial charge is 0.175 e.